The normalized spacial score (nSPS) is 12.1. The molecule has 0 aliphatic rings. The van der Waals surface area contributed by atoms with E-state index in [0.29, 0.717) is 22.3 Å². The third kappa shape index (κ3) is 5.35. The Bertz CT molecular complexity index is 1170. The van der Waals surface area contributed by atoms with Gasteiger partial charge in [-0.25, -0.2) is 4.79 Å². The molecule has 0 unspecified atom stereocenters. The maximum absolute atomic E-state index is 13.6. The zero-order chi connectivity index (χ0) is 27.5. The van der Waals surface area contributed by atoms with Gasteiger partial charge in [0.15, 0.2) is 8.24 Å². The van der Waals surface area contributed by atoms with Gasteiger partial charge in [0.2, 0.25) is 0 Å². The van der Waals surface area contributed by atoms with Gasteiger partial charge < -0.3 is 18.4 Å². The highest BCUT2D eigenvalue weighted by Gasteiger charge is 2.48. The topological polar surface area (TPSA) is 49.7 Å². The van der Waals surface area contributed by atoms with Crippen LogP contribution in [0.1, 0.15) is 65.9 Å². The smallest absolute Gasteiger partial charge is 0.354 e. The molecule has 0 radical (unpaired) electrons. The molecule has 0 saturated carbocycles. The molecule has 2 aromatic carbocycles. The van der Waals surface area contributed by atoms with Crippen molar-refractivity contribution >= 4 is 14.2 Å². The van der Waals surface area contributed by atoms with E-state index in [1.807, 2.05) is 50.2 Å². The summed E-state index contributed by atoms with van der Waals surface area (Å²) < 4.78 is 19.1. The monoisotopic (exact) mass is 521 g/mol. The zero-order valence-electron chi connectivity index (χ0n) is 24.1. The molecule has 200 valence electrons. The Kier molecular flexibility index (Phi) is 8.95. The fourth-order valence-corrected chi connectivity index (χ4v) is 12.8. The van der Waals surface area contributed by atoms with Crippen molar-refractivity contribution in [3.05, 3.63) is 60.4 Å². The molecule has 0 amide bonds. The van der Waals surface area contributed by atoms with Gasteiger partial charge in [0.25, 0.3) is 0 Å². The van der Waals surface area contributed by atoms with E-state index in [9.17, 15) is 4.79 Å². The molecule has 0 aliphatic carbocycles. The van der Waals surface area contributed by atoms with Crippen molar-refractivity contribution in [1.82, 2.24) is 4.23 Å². The molecule has 5 nitrogen and oxygen atoms in total. The maximum Gasteiger partial charge on any atom is 0.354 e. The second kappa shape index (κ2) is 11.6. The highest BCUT2D eigenvalue weighted by molar-refractivity contribution is 6.82. The SMILES string of the molecule is COC(=O)c1c(-c2ccc(OC)cc2)c(-c2ccc(OC(C)C)cc2)cn1[Si](C(C)C)(C(C)C)C(C)C. The van der Waals surface area contributed by atoms with Gasteiger partial charge in [0, 0.05) is 17.3 Å². The minimum absolute atomic E-state index is 0.0995. The lowest BCUT2D eigenvalue weighted by Crippen LogP contribution is -2.52. The number of benzene rings is 2. The quantitative estimate of drug-likeness (QED) is 0.198. The molecule has 1 heterocycles. The molecule has 0 fully saturated rings. The van der Waals surface area contributed by atoms with Gasteiger partial charge in [-0.15, -0.1) is 0 Å². The van der Waals surface area contributed by atoms with Crippen LogP contribution in [0, 0.1) is 0 Å². The Labute approximate surface area is 223 Å². The maximum atomic E-state index is 13.6. The van der Waals surface area contributed by atoms with E-state index < -0.39 is 8.24 Å². The number of nitrogens with zero attached hydrogens (tertiary/aromatic N) is 1. The molecule has 3 rings (SSSR count). The van der Waals surface area contributed by atoms with Crippen molar-refractivity contribution in [3.63, 3.8) is 0 Å². The number of rotatable bonds is 10. The molecule has 1 aromatic heterocycles. The van der Waals surface area contributed by atoms with Crippen LogP contribution < -0.4 is 9.47 Å². The third-order valence-electron chi connectivity index (χ3n) is 7.49. The molecule has 37 heavy (non-hydrogen) atoms. The lowest BCUT2D eigenvalue weighted by molar-refractivity contribution is 0.0593. The van der Waals surface area contributed by atoms with E-state index in [-0.39, 0.29) is 12.1 Å². The predicted molar refractivity (Wildman–Crippen MR) is 155 cm³/mol. The van der Waals surface area contributed by atoms with Crippen molar-refractivity contribution in [3.8, 4) is 33.8 Å². The number of hydrogen-bond acceptors (Lipinski definition) is 4. The molecule has 6 heteroatoms. The summed E-state index contributed by atoms with van der Waals surface area (Å²) in [7, 11) is 0.841. The third-order valence-corrected chi connectivity index (χ3v) is 14.2. The number of esters is 1. The summed E-state index contributed by atoms with van der Waals surface area (Å²) in [6.45, 7) is 17.9. The van der Waals surface area contributed by atoms with Crippen molar-refractivity contribution in [1.29, 1.82) is 0 Å². The van der Waals surface area contributed by atoms with Crippen LogP contribution in [0.5, 0.6) is 11.5 Å². The summed E-state index contributed by atoms with van der Waals surface area (Å²) in [6.07, 6.45) is 2.32. The zero-order valence-corrected chi connectivity index (χ0v) is 25.1. The Hall–Kier alpha value is -2.99. The van der Waals surface area contributed by atoms with E-state index in [1.54, 1.807) is 7.11 Å². The van der Waals surface area contributed by atoms with Gasteiger partial charge in [-0.2, -0.15) is 0 Å². The molecule has 0 saturated heterocycles. The van der Waals surface area contributed by atoms with E-state index >= 15 is 0 Å². The largest absolute Gasteiger partial charge is 0.497 e. The average molecular weight is 522 g/mol. The number of carbonyl (C=O) groups excluding carboxylic acids is 1. The Morgan fingerprint density at radius 1 is 0.730 bits per heavy atom. The first kappa shape index (κ1) is 28.6. The second-order valence-electron chi connectivity index (χ2n) is 10.9. The summed E-state index contributed by atoms with van der Waals surface area (Å²) in [5, 5.41) is 0. The van der Waals surface area contributed by atoms with Crippen LogP contribution in [0.4, 0.5) is 0 Å². The molecule has 0 bridgehead atoms. The molecule has 0 N–H and O–H groups in total. The van der Waals surface area contributed by atoms with Crippen molar-refractivity contribution in [2.75, 3.05) is 14.2 Å². The van der Waals surface area contributed by atoms with Crippen LogP contribution in [-0.2, 0) is 4.74 Å². The molecular weight excluding hydrogens is 478 g/mol. The Morgan fingerprint density at radius 2 is 1.22 bits per heavy atom. The highest BCUT2D eigenvalue weighted by atomic mass is 28.3. The summed E-state index contributed by atoms with van der Waals surface area (Å²) in [5.41, 5.74) is 5.74. The molecule has 3 aromatic rings. The molecular formula is C31H43NO4Si. The predicted octanol–water partition coefficient (Wildman–Crippen LogP) is 8.43. The number of carbonyl (C=O) groups is 1. The van der Waals surface area contributed by atoms with Crippen molar-refractivity contribution in [2.45, 2.75) is 78.1 Å². The van der Waals surface area contributed by atoms with E-state index in [2.05, 4.69) is 64.1 Å². The molecule has 0 aliphatic heterocycles. The van der Waals surface area contributed by atoms with E-state index in [1.165, 1.54) is 7.11 Å². The summed E-state index contributed by atoms with van der Waals surface area (Å²) in [5.74, 6) is 1.29. The minimum atomic E-state index is -2.29. The summed E-state index contributed by atoms with van der Waals surface area (Å²) in [6, 6.07) is 16.1. The Balaban J connectivity index is 2.43. The molecule has 0 spiro atoms. The first-order chi connectivity index (χ1) is 17.5. The van der Waals surface area contributed by atoms with E-state index in [0.717, 1.165) is 33.8 Å². The fraction of sp³-hybridized carbons (Fsp3) is 0.452. The van der Waals surface area contributed by atoms with Gasteiger partial charge in [0.05, 0.1) is 20.3 Å². The Morgan fingerprint density at radius 3 is 1.65 bits per heavy atom. The van der Waals surface area contributed by atoms with Gasteiger partial charge in [-0.3, -0.25) is 0 Å². The van der Waals surface area contributed by atoms with Gasteiger partial charge >= 0.3 is 5.97 Å². The van der Waals surface area contributed by atoms with Crippen LogP contribution in [-0.4, -0.2) is 38.8 Å². The van der Waals surface area contributed by atoms with Gasteiger partial charge in [0.1, 0.15) is 17.2 Å². The number of hydrogen-bond donors (Lipinski definition) is 0. The van der Waals surface area contributed by atoms with Crippen molar-refractivity contribution in [2.24, 2.45) is 0 Å². The lowest BCUT2D eigenvalue weighted by atomic mass is 9.96. The second-order valence-corrected chi connectivity index (χ2v) is 16.6. The first-order valence-electron chi connectivity index (χ1n) is 13.2. The average Bonchev–Trinajstić information content (AvgIpc) is 3.23. The van der Waals surface area contributed by atoms with Gasteiger partial charge in [-0.05, 0) is 65.9 Å². The summed E-state index contributed by atoms with van der Waals surface area (Å²) in [4.78, 5) is 13.6. The van der Waals surface area contributed by atoms with Gasteiger partial charge in [-0.1, -0.05) is 65.8 Å². The van der Waals surface area contributed by atoms with Crippen molar-refractivity contribution < 1.29 is 19.0 Å². The lowest BCUT2D eigenvalue weighted by Gasteiger charge is -2.44. The standard InChI is InChI=1S/C31H43NO4Si/c1-20(2)36-27-17-11-24(12-18-27)28-19-32(37(21(3)4,22(5)6)23(7)8)30(31(33)35-10)29(28)25-13-15-26(34-9)16-14-25/h11-23H,1-10H3. The van der Waals surface area contributed by atoms with Crippen LogP contribution in [0.15, 0.2) is 54.7 Å². The first-order valence-corrected chi connectivity index (χ1v) is 15.4. The van der Waals surface area contributed by atoms with Crippen LogP contribution in [0.3, 0.4) is 0 Å². The fourth-order valence-electron chi connectivity index (χ4n) is 6.20. The van der Waals surface area contributed by atoms with Crippen LogP contribution in [0.25, 0.3) is 22.3 Å². The number of aromatic nitrogens is 1. The highest BCUT2D eigenvalue weighted by Crippen LogP contribution is 2.48. The number of methoxy groups -OCH3 is 2. The number of ether oxygens (including phenoxy) is 3. The van der Waals surface area contributed by atoms with E-state index in [4.69, 9.17) is 14.2 Å². The summed E-state index contributed by atoms with van der Waals surface area (Å²) >= 11 is 0. The minimum Gasteiger partial charge on any atom is -0.497 e. The molecule has 0 atom stereocenters. The van der Waals surface area contributed by atoms with Crippen LogP contribution in [0.2, 0.25) is 16.6 Å². The van der Waals surface area contributed by atoms with Crippen LogP contribution >= 0.6 is 0 Å².